The lowest BCUT2D eigenvalue weighted by Gasteiger charge is -2.31. The summed E-state index contributed by atoms with van der Waals surface area (Å²) in [6, 6.07) is 18.8. The van der Waals surface area contributed by atoms with Crippen LogP contribution in [0.4, 0.5) is 0 Å². The Labute approximate surface area is 144 Å². The number of carbonyl (C=O) groups excluding carboxylic acids is 1. The number of hydrogen-bond acceptors (Lipinski definition) is 1. The van der Waals surface area contributed by atoms with E-state index >= 15 is 0 Å². The van der Waals surface area contributed by atoms with Gasteiger partial charge < -0.3 is 0 Å². The molecular formula is C23H24O. The van der Waals surface area contributed by atoms with E-state index in [4.69, 9.17) is 0 Å². The zero-order valence-corrected chi connectivity index (χ0v) is 14.2. The Morgan fingerprint density at radius 2 is 1.50 bits per heavy atom. The molecule has 2 aromatic rings. The molecule has 0 aromatic heterocycles. The molecule has 0 saturated heterocycles. The van der Waals surface area contributed by atoms with Crippen molar-refractivity contribution in [1.29, 1.82) is 0 Å². The second kappa shape index (κ2) is 7.44. The lowest BCUT2D eigenvalue weighted by molar-refractivity contribution is -0.122. The molecule has 2 aromatic carbocycles. The Bertz CT molecular complexity index is 737. The number of allylic oxidation sites excluding steroid dienone is 2. The molecule has 122 valence electrons. The molecule has 0 bridgehead atoms. The van der Waals surface area contributed by atoms with Crippen LogP contribution in [0, 0.1) is 12.3 Å². The van der Waals surface area contributed by atoms with E-state index in [1.54, 1.807) is 0 Å². The number of hydrogen-bond donors (Lipinski definition) is 0. The fourth-order valence-corrected chi connectivity index (χ4v) is 3.26. The molecule has 3 rings (SSSR count). The van der Waals surface area contributed by atoms with E-state index in [9.17, 15) is 4.79 Å². The summed E-state index contributed by atoms with van der Waals surface area (Å²) < 4.78 is 0. The molecule has 1 heteroatoms. The van der Waals surface area contributed by atoms with Gasteiger partial charge in [-0.15, -0.1) is 0 Å². The average molecular weight is 316 g/mol. The second-order valence-electron chi connectivity index (χ2n) is 6.79. The first-order valence-corrected chi connectivity index (χ1v) is 8.67. The normalized spacial score (nSPS) is 21.6. The SMILES string of the molecule is Cc1ccc(/C=C/C2(/C=C/c3ccccc3)CCCC(=O)C2)cc1. The molecule has 0 N–H and O–H groups in total. The topological polar surface area (TPSA) is 17.1 Å². The Morgan fingerprint density at radius 3 is 2.12 bits per heavy atom. The highest BCUT2D eigenvalue weighted by atomic mass is 16.1. The number of rotatable bonds is 4. The molecule has 0 radical (unpaired) electrons. The maximum atomic E-state index is 12.1. The summed E-state index contributed by atoms with van der Waals surface area (Å²) >= 11 is 0. The second-order valence-corrected chi connectivity index (χ2v) is 6.79. The van der Waals surface area contributed by atoms with Crippen molar-refractivity contribution < 1.29 is 4.79 Å². The quantitative estimate of drug-likeness (QED) is 0.691. The van der Waals surface area contributed by atoms with E-state index in [1.807, 2.05) is 18.2 Å². The summed E-state index contributed by atoms with van der Waals surface area (Å²) in [5, 5.41) is 0. The highest BCUT2D eigenvalue weighted by Gasteiger charge is 2.30. The molecule has 24 heavy (non-hydrogen) atoms. The molecule has 0 heterocycles. The van der Waals surface area contributed by atoms with Gasteiger partial charge in [0.05, 0.1) is 0 Å². The first-order chi connectivity index (χ1) is 11.7. The predicted molar refractivity (Wildman–Crippen MR) is 102 cm³/mol. The van der Waals surface area contributed by atoms with Crippen LogP contribution in [0.25, 0.3) is 12.2 Å². The molecule has 1 nitrogen and oxygen atoms in total. The smallest absolute Gasteiger partial charge is 0.134 e. The van der Waals surface area contributed by atoms with Gasteiger partial charge in [0, 0.05) is 18.3 Å². The van der Waals surface area contributed by atoms with E-state index < -0.39 is 0 Å². The van der Waals surface area contributed by atoms with Crippen molar-refractivity contribution in [1.82, 2.24) is 0 Å². The number of carbonyl (C=O) groups is 1. The average Bonchev–Trinajstić information content (AvgIpc) is 2.61. The van der Waals surface area contributed by atoms with Crippen molar-refractivity contribution in [2.75, 3.05) is 0 Å². The minimum atomic E-state index is -0.157. The van der Waals surface area contributed by atoms with Crippen molar-refractivity contribution in [3.8, 4) is 0 Å². The van der Waals surface area contributed by atoms with E-state index in [2.05, 4.69) is 67.6 Å². The van der Waals surface area contributed by atoms with Crippen LogP contribution in [0.2, 0.25) is 0 Å². The third kappa shape index (κ3) is 4.32. The van der Waals surface area contributed by atoms with E-state index in [1.165, 1.54) is 16.7 Å². The summed E-state index contributed by atoms with van der Waals surface area (Å²) in [5.74, 6) is 0.368. The number of ketones is 1. The van der Waals surface area contributed by atoms with Gasteiger partial charge in [0.25, 0.3) is 0 Å². The minimum Gasteiger partial charge on any atom is -0.300 e. The van der Waals surface area contributed by atoms with E-state index in [0.29, 0.717) is 12.2 Å². The molecule has 0 amide bonds. The maximum Gasteiger partial charge on any atom is 0.134 e. The Morgan fingerprint density at radius 1 is 0.875 bits per heavy atom. The van der Waals surface area contributed by atoms with Gasteiger partial charge in [0.1, 0.15) is 5.78 Å². The molecular weight excluding hydrogens is 292 g/mol. The van der Waals surface area contributed by atoms with Crippen molar-refractivity contribution in [2.24, 2.45) is 5.41 Å². The third-order valence-electron chi connectivity index (χ3n) is 4.72. The third-order valence-corrected chi connectivity index (χ3v) is 4.72. The van der Waals surface area contributed by atoms with Crippen LogP contribution >= 0.6 is 0 Å². The first kappa shape index (κ1) is 16.4. The van der Waals surface area contributed by atoms with Crippen LogP contribution in [0.1, 0.15) is 42.4 Å². The molecule has 1 aliphatic rings. The van der Waals surface area contributed by atoms with Gasteiger partial charge in [0.2, 0.25) is 0 Å². The fourth-order valence-electron chi connectivity index (χ4n) is 3.26. The van der Waals surface area contributed by atoms with E-state index in [0.717, 1.165) is 19.3 Å². The Balaban J connectivity index is 1.86. The van der Waals surface area contributed by atoms with Gasteiger partial charge in [-0.05, 0) is 30.9 Å². The van der Waals surface area contributed by atoms with Crippen LogP contribution in [0.5, 0.6) is 0 Å². The zero-order chi connectivity index (χ0) is 16.8. The van der Waals surface area contributed by atoms with Crippen molar-refractivity contribution in [2.45, 2.75) is 32.6 Å². The molecule has 1 unspecified atom stereocenters. The van der Waals surface area contributed by atoms with Crippen LogP contribution in [-0.2, 0) is 4.79 Å². The number of aryl methyl sites for hydroxylation is 1. The van der Waals surface area contributed by atoms with E-state index in [-0.39, 0.29) is 5.41 Å². The molecule has 1 atom stereocenters. The van der Waals surface area contributed by atoms with Gasteiger partial charge >= 0.3 is 0 Å². The predicted octanol–water partition coefficient (Wildman–Crippen LogP) is 5.85. The molecule has 0 spiro atoms. The van der Waals surface area contributed by atoms with Crippen molar-refractivity contribution in [3.63, 3.8) is 0 Å². The van der Waals surface area contributed by atoms with Crippen LogP contribution in [-0.4, -0.2) is 5.78 Å². The van der Waals surface area contributed by atoms with Gasteiger partial charge in [-0.25, -0.2) is 0 Å². The lowest BCUT2D eigenvalue weighted by atomic mass is 9.72. The van der Waals surface area contributed by atoms with Gasteiger partial charge in [0.15, 0.2) is 0 Å². The van der Waals surface area contributed by atoms with Gasteiger partial charge in [-0.2, -0.15) is 0 Å². The highest BCUT2D eigenvalue weighted by molar-refractivity contribution is 5.81. The van der Waals surface area contributed by atoms with Crippen LogP contribution in [0.15, 0.2) is 66.7 Å². The maximum absolute atomic E-state index is 12.1. The summed E-state index contributed by atoms with van der Waals surface area (Å²) in [6.45, 7) is 2.09. The van der Waals surface area contributed by atoms with Crippen LogP contribution < -0.4 is 0 Å². The molecule has 1 saturated carbocycles. The summed E-state index contributed by atoms with van der Waals surface area (Å²) in [7, 11) is 0. The summed E-state index contributed by atoms with van der Waals surface area (Å²) in [5.41, 5.74) is 3.47. The van der Waals surface area contributed by atoms with Crippen molar-refractivity contribution >= 4 is 17.9 Å². The first-order valence-electron chi connectivity index (χ1n) is 8.67. The number of Topliss-reactive ketones (excluding diaryl/α,β-unsaturated/α-hetero) is 1. The Kier molecular flexibility index (Phi) is 5.10. The summed E-state index contributed by atoms with van der Waals surface area (Å²) in [4.78, 5) is 12.1. The van der Waals surface area contributed by atoms with Gasteiger partial charge in [-0.1, -0.05) is 84.5 Å². The van der Waals surface area contributed by atoms with Crippen molar-refractivity contribution in [3.05, 3.63) is 83.4 Å². The Hall–Kier alpha value is -2.41. The monoisotopic (exact) mass is 316 g/mol. The lowest BCUT2D eigenvalue weighted by Crippen LogP contribution is -2.24. The highest BCUT2D eigenvalue weighted by Crippen LogP contribution is 2.38. The fraction of sp³-hybridized carbons (Fsp3) is 0.261. The summed E-state index contributed by atoms with van der Waals surface area (Å²) in [6.07, 6.45) is 12.1. The molecule has 1 fully saturated rings. The standard InChI is InChI=1S/C23H24O/c1-19-9-11-21(12-10-19)14-17-23(15-5-8-22(24)18-23)16-13-20-6-3-2-4-7-20/h2-4,6-7,9-14,16-17H,5,8,15,18H2,1H3/b16-13+,17-14+. The van der Waals surface area contributed by atoms with Gasteiger partial charge in [-0.3, -0.25) is 4.79 Å². The van der Waals surface area contributed by atoms with Crippen LogP contribution in [0.3, 0.4) is 0 Å². The molecule has 1 aliphatic carbocycles. The largest absolute Gasteiger partial charge is 0.300 e. The minimum absolute atomic E-state index is 0.157. The molecule has 0 aliphatic heterocycles. The zero-order valence-electron chi connectivity index (χ0n) is 14.2. The number of benzene rings is 2.